The molecule has 158 valence electrons. The highest BCUT2D eigenvalue weighted by Crippen LogP contribution is 2.30. The molecule has 0 saturated heterocycles. The maximum Gasteiger partial charge on any atom is 0.407 e. The number of imidazole rings is 1. The summed E-state index contributed by atoms with van der Waals surface area (Å²) in [4.78, 5) is 20.9. The van der Waals surface area contributed by atoms with Crippen LogP contribution in [0, 0.1) is 0 Å². The molecule has 4 rings (SSSR count). The van der Waals surface area contributed by atoms with Crippen molar-refractivity contribution < 1.29 is 9.53 Å². The number of carbonyl (C=O) groups is 1. The molecule has 31 heavy (non-hydrogen) atoms. The fourth-order valence-electron chi connectivity index (χ4n) is 3.33. The van der Waals surface area contributed by atoms with Crippen LogP contribution in [0.25, 0.3) is 28.1 Å². The van der Waals surface area contributed by atoms with E-state index in [9.17, 15) is 4.79 Å². The number of nitrogen functional groups attached to an aromatic ring is 1. The Balaban J connectivity index is 1.65. The summed E-state index contributed by atoms with van der Waals surface area (Å²) in [6.45, 7) is 5.89. The number of fused-ring (bicyclic) bond motifs is 1. The number of anilines is 1. The molecule has 0 aliphatic carbocycles. The molecular formula is C24H25N5O2. The van der Waals surface area contributed by atoms with Gasteiger partial charge in [-0.2, -0.15) is 0 Å². The number of nitrogens with one attached hydrogen (secondary N) is 1. The molecule has 7 nitrogen and oxygen atoms in total. The van der Waals surface area contributed by atoms with Crippen molar-refractivity contribution in [1.82, 2.24) is 19.9 Å². The smallest absolute Gasteiger partial charge is 0.407 e. The normalized spacial score (nSPS) is 11.5. The zero-order valence-corrected chi connectivity index (χ0v) is 17.8. The van der Waals surface area contributed by atoms with Crippen LogP contribution in [0.5, 0.6) is 0 Å². The molecular weight excluding hydrogens is 390 g/mol. The zero-order chi connectivity index (χ0) is 22.0. The molecule has 0 atom stereocenters. The second-order valence-electron chi connectivity index (χ2n) is 8.22. The number of hydrogen-bond donors (Lipinski definition) is 2. The molecule has 0 saturated carbocycles. The number of rotatable bonds is 4. The van der Waals surface area contributed by atoms with Crippen LogP contribution in [0.15, 0.2) is 66.9 Å². The number of carbonyl (C=O) groups excluding carboxylic acids is 1. The Morgan fingerprint density at radius 3 is 2.52 bits per heavy atom. The van der Waals surface area contributed by atoms with Crippen LogP contribution in [0.2, 0.25) is 0 Å². The summed E-state index contributed by atoms with van der Waals surface area (Å²) < 4.78 is 7.35. The Hall–Kier alpha value is -3.87. The molecule has 2 aromatic heterocycles. The molecule has 3 N–H and O–H groups in total. The second-order valence-corrected chi connectivity index (χ2v) is 8.22. The second kappa shape index (κ2) is 8.10. The van der Waals surface area contributed by atoms with Crippen molar-refractivity contribution >= 4 is 22.9 Å². The average Bonchev–Trinajstić information content (AvgIpc) is 3.11. The monoisotopic (exact) mass is 415 g/mol. The third kappa shape index (κ3) is 4.50. The molecule has 7 heteroatoms. The van der Waals surface area contributed by atoms with E-state index in [1.807, 2.05) is 81.4 Å². The summed E-state index contributed by atoms with van der Waals surface area (Å²) in [6, 6.07) is 19.6. The van der Waals surface area contributed by atoms with Gasteiger partial charge in [-0.3, -0.25) is 4.57 Å². The van der Waals surface area contributed by atoms with Gasteiger partial charge in [-0.25, -0.2) is 14.8 Å². The van der Waals surface area contributed by atoms with Gasteiger partial charge in [0.05, 0.1) is 16.6 Å². The van der Waals surface area contributed by atoms with Crippen LogP contribution < -0.4 is 11.1 Å². The highest BCUT2D eigenvalue weighted by atomic mass is 16.6. The first-order chi connectivity index (χ1) is 14.8. The standard InChI is InChI=1S/C24H25N5O2/c1-24(2,3)31-23(30)27-15-16-10-12-17(13-11-16)29-20-9-5-4-8-19(20)28-22(29)18-7-6-14-26-21(18)25/h4-14H,15H2,1-3H3,(H2,25,26)(H,27,30). The number of nitrogens with two attached hydrogens (primary N) is 1. The van der Waals surface area contributed by atoms with E-state index in [2.05, 4.69) is 14.9 Å². The molecule has 2 aromatic carbocycles. The van der Waals surface area contributed by atoms with Gasteiger partial charge < -0.3 is 15.8 Å². The van der Waals surface area contributed by atoms with Crippen molar-refractivity contribution in [2.45, 2.75) is 32.9 Å². The van der Waals surface area contributed by atoms with Crippen molar-refractivity contribution in [3.8, 4) is 17.1 Å². The first-order valence-electron chi connectivity index (χ1n) is 10.1. The predicted molar refractivity (Wildman–Crippen MR) is 122 cm³/mol. The molecule has 0 fully saturated rings. The number of alkyl carbamates (subject to hydrolysis) is 1. The number of hydrogen-bond acceptors (Lipinski definition) is 5. The van der Waals surface area contributed by atoms with E-state index in [1.165, 1.54) is 0 Å². The van der Waals surface area contributed by atoms with Crippen molar-refractivity contribution in [1.29, 1.82) is 0 Å². The lowest BCUT2D eigenvalue weighted by Gasteiger charge is -2.19. The largest absolute Gasteiger partial charge is 0.444 e. The van der Waals surface area contributed by atoms with Crippen LogP contribution in [-0.4, -0.2) is 26.2 Å². The topological polar surface area (TPSA) is 95.1 Å². The van der Waals surface area contributed by atoms with E-state index in [1.54, 1.807) is 6.20 Å². The Bertz CT molecular complexity index is 1220. The van der Waals surface area contributed by atoms with Gasteiger partial charge in [0.2, 0.25) is 0 Å². The minimum atomic E-state index is -0.527. The number of amides is 1. The summed E-state index contributed by atoms with van der Waals surface area (Å²) in [7, 11) is 0. The molecule has 0 radical (unpaired) electrons. The number of pyridine rings is 1. The lowest BCUT2D eigenvalue weighted by molar-refractivity contribution is 0.0523. The quantitative estimate of drug-likeness (QED) is 0.504. The summed E-state index contributed by atoms with van der Waals surface area (Å²) in [5.41, 5.74) is 10.1. The van der Waals surface area contributed by atoms with Gasteiger partial charge in [-0.1, -0.05) is 24.3 Å². The third-order valence-electron chi connectivity index (χ3n) is 4.67. The van der Waals surface area contributed by atoms with Gasteiger partial charge >= 0.3 is 6.09 Å². The highest BCUT2D eigenvalue weighted by molar-refractivity contribution is 5.85. The molecule has 0 bridgehead atoms. The van der Waals surface area contributed by atoms with Crippen molar-refractivity contribution in [2.75, 3.05) is 5.73 Å². The summed E-state index contributed by atoms with van der Waals surface area (Å²) in [6.07, 6.45) is 1.23. The summed E-state index contributed by atoms with van der Waals surface area (Å²) in [5.74, 6) is 1.16. The van der Waals surface area contributed by atoms with Gasteiger partial charge in [-0.05, 0) is 62.7 Å². The van der Waals surface area contributed by atoms with E-state index < -0.39 is 11.7 Å². The van der Waals surface area contributed by atoms with Crippen LogP contribution in [0.1, 0.15) is 26.3 Å². The Labute approximate surface area is 180 Å². The molecule has 0 unspecified atom stereocenters. The van der Waals surface area contributed by atoms with Gasteiger partial charge in [0.1, 0.15) is 17.2 Å². The predicted octanol–water partition coefficient (Wildman–Crippen LogP) is 4.69. The van der Waals surface area contributed by atoms with Crippen LogP contribution in [0.3, 0.4) is 0 Å². The van der Waals surface area contributed by atoms with E-state index in [0.29, 0.717) is 12.4 Å². The fourth-order valence-corrected chi connectivity index (χ4v) is 3.33. The molecule has 0 spiro atoms. The first-order valence-corrected chi connectivity index (χ1v) is 10.1. The number of aromatic nitrogens is 3. The first kappa shape index (κ1) is 20.4. The lowest BCUT2D eigenvalue weighted by atomic mass is 10.2. The van der Waals surface area contributed by atoms with Gasteiger partial charge in [0.25, 0.3) is 0 Å². The van der Waals surface area contributed by atoms with Crippen LogP contribution in [0.4, 0.5) is 10.6 Å². The number of para-hydroxylation sites is 2. The van der Waals surface area contributed by atoms with E-state index in [-0.39, 0.29) is 0 Å². The van der Waals surface area contributed by atoms with Gasteiger partial charge in [-0.15, -0.1) is 0 Å². The number of benzene rings is 2. The van der Waals surface area contributed by atoms with Crippen LogP contribution in [-0.2, 0) is 11.3 Å². The van der Waals surface area contributed by atoms with Gasteiger partial charge in [0.15, 0.2) is 0 Å². The minimum absolute atomic E-state index is 0.377. The molecule has 4 aromatic rings. The lowest BCUT2D eigenvalue weighted by Crippen LogP contribution is -2.32. The zero-order valence-electron chi connectivity index (χ0n) is 17.8. The SMILES string of the molecule is CC(C)(C)OC(=O)NCc1ccc(-n2c(-c3cccnc3N)nc3ccccc32)cc1. The van der Waals surface area contributed by atoms with E-state index in [4.69, 9.17) is 15.5 Å². The molecule has 0 aliphatic rings. The minimum Gasteiger partial charge on any atom is -0.444 e. The average molecular weight is 415 g/mol. The van der Waals surface area contributed by atoms with Gasteiger partial charge in [0, 0.05) is 18.4 Å². The summed E-state index contributed by atoms with van der Waals surface area (Å²) in [5, 5.41) is 2.78. The maximum atomic E-state index is 11.9. The van der Waals surface area contributed by atoms with Crippen molar-refractivity contribution in [2.24, 2.45) is 0 Å². The van der Waals surface area contributed by atoms with Crippen LogP contribution >= 0.6 is 0 Å². The Morgan fingerprint density at radius 2 is 1.81 bits per heavy atom. The summed E-state index contributed by atoms with van der Waals surface area (Å²) >= 11 is 0. The number of ether oxygens (including phenoxy) is 1. The third-order valence-corrected chi connectivity index (χ3v) is 4.67. The van der Waals surface area contributed by atoms with Crippen molar-refractivity contribution in [3.63, 3.8) is 0 Å². The maximum absolute atomic E-state index is 11.9. The number of nitrogens with zero attached hydrogens (tertiary/aromatic N) is 3. The molecule has 2 heterocycles. The Kier molecular flexibility index (Phi) is 5.33. The Morgan fingerprint density at radius 1 is 1.06 bits per heavy atom. The molecule has 0 aliphatic heterocycles. The van der Waals surface area contributed by atoms with E-state index in [0.717, 1.165) is 33.7 Å². The highest BCUT2D eigenvalue weighted by Gasteiger charge is 2.17. The van der Waals surface area contributed by atoms with Crippen molar-refractivity contribution in [3.05, 3.63) is 72.4 Å². The fraction of sp³-hybridized carbons (Fsp3) is 0.208. The molecule has 1 amide bonds. The van der Waals surface area contributed by atoms with E-state index >= 15 is 0 Å².